The zero-order valence-electron chi connectivity index (χ0n) is 11.8. The average molecular weight is 315 g/mol. The second-order valence-electron chi connectivity index (χ2n) is 4.60. The summed E-state index contributed by atoms with van der Waals surface area (Å²) in [7, 11) is 0. The maximum atomic E-state index is 12.0. The molecular weight excluding hydrogens is 294 g/mol. The number of rotatable bonds is 9. The van der Waals surface area contributed by atoms with Gasteiger partial charge in [0.1, 0.15) is 9.57 Å². The molecule has 1 saturated heterocycles. The first-order valence-electron chi connectivity index (χ1n) is 6.88. The van der Waals surface area contributed by atoms with E-state index in [0.29, 0.717) is 17.5 Å². The zero-order chi connectivity index (χ0) is 15.0. The number of esters is 1. The number of unbranched alkanes of at least 4 members (excludes halogenated alkanes) is 3. The van der Waals surface area contributed by atoms with Crippen LogP contribution in [0.3, 0.4) is 0 Å². The van der Waals surface area contributed by atoms with Gasteiger partial charge in [-0.05, 0) is 6.42 Å². The molecule has 1 aliphatic heterocycles. The van der Waals surface area contributed by atoms with E-state index in [-0.39, 0.29) is 18.3 Å². The van der Waals surface area contributed by atoms with Gasteiger partial charge in [0.15, 0.2) is 0 Å². The van der Waals surface area contributed by atoms with E-state index >= 15 is 0 Å². The van der Waals surface area contributed by atoms with Crippen LogP contribution in [-0.2, 0) is 14.3 Å². The number of thioether (sulfide) groups is 1. The minimum Gasteiger partial charge on any atom is -0.466 e. The van der Waals surface area contributed by atoms with Crippen molar-refractivity contribution in [2.75, 3.05) is 13.2 Å². The van der Waals surface area contributed by atoms with Gasteiger partial charge in [0.2, 0.25) is 5.91 Å². The Hall–Kier alpha value is -0.880. The minimum atomic E-state index is -0.439. The highest BCUT2D eigenvalue weighted by atomic mass is 32.2. The van der Waals surface area contributed by atoms with Crippen molar-refractivity contribution in [1.29, 1.82) is 0 Å². The van der Waals surface area contributed by atoms with Crippen LogP contribution in [0.4, 0.5) is 0 Å². The van der Waals surface area contributed by atoms with Crippen LogP contribution in [-0.4, -0.2) is 39.5 Å². The van der Waals surface area contributed by atoms with Crippen molar-refractivity contribution in [3.63, 3.8) is 0 Å². The largest absolute Gasteiger partial charge is 0.466 e. The van der Waals surface area contributed by atoms with E-state index in [1.54, 1.807) is 6.08 Å². The molecule has 0 spiro atoms. The standard InChI is InChI=1S/C14H21NO3S2/c1-3-5-6-7-9-18-12(16)10-11-13(17)15(8-4-2)14(19)20-11/h4,11H,2-3,5-10H2,1H3. The lowest BCUT2D eigenvalue weighted by Gasteiger charge is -2.12. The van der Waals surface area contributed by atoms with E-state index in [4.69, 9.17) is 17.0 Å². The summed E-state index contributed by atoms with van der Waals surface area (Å²) < 4.78 is 5.65. The van der Waals surface area contributed by atoms with Gasteiger partial charge in [-0.3, -0.25) is 14.5 Å². The van der Waals surface area contributed by atoms with Crippen molar-refractivity contribution >= 4 is 40.2 Å². The second kappa shape index (κ2) is 9.13. The summed E-state index contributed by atoms with van der Waals surface area (Å²) in [6, 6.07) is 0. The molecule has 1 atom stereocenters. The molecule has 1 aliphatic rings. The Labute approximate surface area is 129 Å². The van der Waals surface area contributed by atoms with Gasteiger partial charge >= 0.3 is 5.97 Å². The first-order chi connectivity index (χ1) is 9.60. The Morgan fingerprint density at radius 1 is 1.50 bits per heavy atom. The van der Waals surface area contributed by atoms with Crippen molar-refractivity contribution in [3.05, 3.63) is 12.7 Å². The van der Waals surface area contributed by atoms with E-state index < -0.39 is 5.25 Å². The number of nitrogens with zero attached hydrogens (tertiary/aromatic N) is 1. The topological polar surface area (TPSA) is 46.6 Å². The Balaban J connectivity index is 2.30. The number of amides is 1. The minimum absolute atomic E-state index is 0.0884. The van der Waals surface area contributed by atoms with Crippen molar-refractivity contribution < 1.29 is 14.3 Å². The molecule has 0 aromatic carbocycles. The highest BCUT2D eigenvalue weighted by Gasteiger charge is 2.37. The first-order valence-corrected chi connectivity index (χ1v) is 8.17. The molecule has 1 unspecified atom stereocenters. The Kier molecular flexibility index (Phi) is 7.84. The molecule has 0 aliphatic carbocycles. The predicted molar refractivity (Wildman–Crippen MR) is 85.6 cm³/mol. The molecule has 0 saturated carbocycles. The summed E-state index contributed by atoms with van der Waals surface area (Å²) in [6.45, 7) is 6.55. The third-order valence-corrected chi connectivity index (χ3v) is 4.51. The van der Waals surface area contributed by atoms with Crippen LogP contribution in [0.15, 0.2) is 12.7 Å². The average Bonchev–Trinajstić information content (AvgIpc) is 2.67. The van der Waals surface area contributed by atoms with E-state index in [9.17, 15) is 9.59 Å². The first kappa shape index (κ1) is 17.2. The van der Waals surface area contributed by atoms with Crippen molar-refractivity contribution in [1.82, 2.24) is 4.90 Å². The molecular formula is C14H21NO3S2. The van der Waals surface area contributed by atoms with Gasteiger partial charge in [0.25, 0.3) is 0 Å². The van der Waals surface area contributed by atoms with Gasteiger partial charge in [-0.2, -0.15) is 0 Å². The van der Waals surface area contributed by atoms with Crippen LogP contribution in [0.25, 0.3) is 0 Å². The van der Waals surface area contributed by atoms with Crippen LogP contribution < -0.4 is 0 Å². The third kappa shape index (κ3) is 5.25. The monoisotopic (exact) mass is 315 g/mol. The number of carbonyl (C=O) groups excluding carboxylic acids is 2. The predicted octanol–water partition coefficient (Wildman–Crippen LogP) is 2.91. The molecule has 20 heavy (non-hydrogen) atoms. The van der Waals surface area contributed by atoms with E-state index in [2.05, 4.69) is 13.5 Å². The molecule has 0 bridgehead atoms. The summed E-state index contributed by atoms with van der Waals surface area (Å²) in [5.41, 5.74) is 0. The van der Waals surface area contributed by atoms with Crippen molar-refractivity contribution in [2.45, 2.75) is 44.3 Å². The van der Waals surface area contributed by atoms with Crippen LogP contribution >= 0.6 is 24.0 Å². The molecule has 0 aromatic heterocycles. The lowest BCUT2D eigenvalue weighted by Crippen LogP contribution is -2.32. The Bertz CT molecular complexity index is 385. The van der Waals surface area contributed by atoms with Gasteiger partial charge in [0, 0.05) is 6.54 Å². The van der Waals surface area contributed by atoms with E-state index in [1.807, 2.05) is 0 Å². The maximum absolute atomic E-state index is 12.0. The highest BCUT2D eigenvalue weighted by molar-refractivity contribution is 8.24. The van der Waals surface area contributed by atoms with Gasteiger partial charge in [-0.15, -0.1) is 6.58 Å². The van der Waals surface area contributed by atoms with Gasteiger partial charge in [0.05, 0.1) is 13.0 Å². The van der Waals surface area contributed by atoms with Crippen molar-refractivity contribution in [2.24, 2.45) is 0 Å². The fourth-order valence-corrected chi connectivity index (χ4v) is 3.34. The van der Waals surface area contributed by atoms with Crippen LogP contribution in [0, 0.1) is 0 Å². The fourth-order valence-electron chi connectivity index (χ4n) is 1.85. The normalized spacial score (nSPS) is 18.4. The van der Waals surface area contributed by atoms with Crippen LogP contribution in [0.5, 0.6) is 0 Å². The quantitative estimate of drug-likeness (QED) is 0.283. The molecule has 0 N–H and O–H groups in total. The van der Waals surface area contributed by atoms with Crippen LogP contribution in [0.1, 0.15) is 39.0 Å². The summed E-state index contributed by atoms with van der Waals surface area (Å²) in [5, 5.41) is -0.439. The number of hydrogen-bond acceptors (Lipinski definition) is 5. The molecule has 1 heterocycles. The Morgan fingerprint density at radius 3 is 2.90 bits per heavy atom. The number of thiocarbonyl (C=S) groups is 1. The maximum Gasteiger partial charge on any atom is 0.307 e. The molecule has 112 valence electrons. The summed E-state index contributed by atoms with van der Waals surface area (Å²) in [5.74, 6) is -0.446. The second-order valence-corrected chi connectivity index (χ2v) is 6.43. The molecule has 1 amide bonds. The number of carbonyl (C=O) groups is 2. The molecule has 0 aromatic rings. The third-order valence-electron chi connectivity index (χ3n) is 2.93. The van der Waals surface area contributed by atoms with Gasteiger partial charge in [-0.1, -0.05) is 56.2 Å². The summed E-state index contributed by atoms with van der Waals surface area (Å²) in [4.78, 5) is 25.2. The van der Waals surface area contributed by atoms with E-state index in [1.165, 1.54) is 16.7 Å². The molecule has 4 nitrogen and oxygen atoms in total. The number of ether oxygens (including phenoxy) is 1. The molecule has 1 rings (SSSR count). The number of hydrogen-bond donors (Lipinski definition) is 0. The summed E-state index contributed by atoms with van der Waals surface area (Å²) in [6.07, 6.45) is 5.96. The SMILES string of the molecule is C=CCN1C(=O)C(CC(=O)OCCCCCC)SC1=S. The van der Waals surface area contributed by atoms with Crippen LogP contribution in [0.2, 0.25) is 0 Å². The molecule has 1 fully saturated rings. The lowest BCUT2D eigenvalue weighted by atomic mass is 10.2. The zero-order valence-corrected chi connectivity index (χ0v) is 13.4. The van der Waals surface area contributed by atoms with E-state index in [0.717, 1.165) is 25.7 Å². The van der Waals surface area contributed by atoms with Gasteiger partial charge < -0.3 is 4.74 Å². The summed E-state index contributed by atoms with van der Waals surface area (Å²) >= 11 is 6.37. The van der Waals surface area contributed by atoms with Crippen molar-refractivity contribution in [3.8, 4) is 0 Å². The Morgan fingerprint density at radius 2 is 2.25 bits per heavy atom. The highest BCUT2D eigenvalue weighted by Crippen LogP contribution is 2.29. The molecule has 6 heteroatoms. The van der Waals surface area contributed by atoms with Gasteiger partial charge in [-0.25, -0.2) is 0 Å². The lowest BCUT2D eigenvalue weighted by molar-refractivity contribution is -0.145. The fraction of sp³-hybridized carbons (Fsp3) is 0.643. The smallest absolute Gasteiger partial charge is 0.307 e. The molecule has 0 radical (unpaired) electrons.